The van der Waals surface area contributed by atoms with Crippen LogP contribution in [0.5, 0.6) is 0 Å². The van der Waals surface area contributed by atoms with Gasteiger partial charge in [-0.1, -0.05) is 18.2 Å². The number of hydrogen-bond acceptors (Lipinski definition) is 2. The predicted molar refractivity (Wildman–Crippen MR) is 74.1 cm³/mol. The highest BCUT2D eigenvalue weighted by Crippen LogP contribution is 2.14. The number of hydrogen-bond donors (Lipinski definition) is 0. The largest absolute Gasteiger partial charge is 0.339 e. The SMILES string of the molecule is CC(=O)N1CCN(C(=O)N(C)c2ccccc2)CC1. The quantitative estimate of drug-likeness (QED) is 0.767. The smallest absolute Gasteiger partial charge is 0.324 e. The number of nitrogens with zero attached hydrogens (tertiary/aromatic N) is 3. The number of carbonyl (C=O) groups excluding carboxylic acids is 2. The van der Waals surface area contributed by atoms with Crippen LogP contribution in [0, 0.1) is 0 Å². The molecule has 19 heavy (non-hydrogen) atoms. The molecule has 1 fully saturated rings. The van der Waals surface area contributed by atoms with E-state index >= 15 is 0 Å². The van der Waals surface area contributed by atoms with E-state index in [9.17, 15) is 9.59 Å². The Bertz CT molecular complexity index is 453. The van der Waals surface area contributed by atoms with E-state index in [4.69, 9.17) is 0 Å². The van der Waals surface area contributed by atoms with Crippen LogP contribution in [0.3, 0.4) is 0 Å². The Morgan fingerprint density at radius 3 is 2.05 bits per heavy atom. The molecular formula is C14H19N3O2. The van der Waals surface area contributed by atoms with Crippen LogP contribution >= 0.6 is 0 Å². The maximum atomic E-state index is 12.3. The van der Waals surface area contributed by atoms with Crippen LogP contribution in [0.25, 0.3) is 0 Å². The zero-order valence-corrected chi connectivity index (χ0v) is 11.4. The van der Waals surface area contributed by atoms with Gasteiger partial charge in [-0.25, -0.2) is 4.79 Å². The number of anilines is 1. The van der Waals surface area contributed by atoms with Gasteiger partial charge in [-0.15, -0.1) is 0 Å². The van der Waals surface area contributed by atoms with Crippen molar-refractivity contribution in [1.29, 1.82) is 0 Å². The van der Waals surface area contributed by atoms with Gasteiger partial charge in [0, 0.05) is 45.8 Å². The zero-order valence-electron chi connectivity index (χ0n) is 11.4. The van der Waals surface area contributed by atoms with Crippen LogP contribution in [0.15, 0.2) is 30.3 Å². The number of para-hydroxylation sites is 1. The van der Waals surface area contributed by atoms with Crippen LogP contribution in [0.1, 0.15) is 6.92 Å². The second-order valence-corrected chi connectivity index (χ2v) is 4.67. The highest BCUT2D eigenvalue weighted by atomic mass is 16.2. The predicted octanol–water partition coefficient (Wildman–Crippen LogP) is 1.41. The third-order valence-corrected chi connectivity index (χ3v) is 3.43. The van der Waals surface area contributed by atoms with Gasteiger partial charge in [0.15, 0.2) is 0 Å². The van der Waals surface area contributed by atoms with Gasteiger partial charge in [0.2, 0.25) is 5.91 Å². The molecule has 5 nitrogen and oxygen atoms in total. The van der Waals surface area contributed by atoms with Crippen molar-refractivity contribution < 1.29 is 9.59 Å². The van der Waals surface area contributed by atoms with Gasteiger partial charge in [-0.2, -0.15) is 0 Å². The summed E-state index contributed by atoms with van der Waals surface area (Å²) in [6, 6.07) is 9.54. The first-order valence-electron chi connectivity index (χ1n) is 6.43. The topological polar surface area (TPSA) is 43.9 Å². The minimum Gasteiger partial charge on any atom is -0.339 e. The minimum atomic E-state index is -0.0191. The van der Waals surface area contributed by atoms with E-state index in [1.807, 2.05) is 30.3 Å². The summed E-state index contributed by atoms with van der Waals surface area (Å²) in [4.78, 5) is 28.8. The van der Waals surface area contributed by atoms with E-state index < -0.39 is 0 Å². The summed E-state index contributed by atoms with van der Waals surface area (Å²) < 4.78 is 0. The van der Waals surface area contributed by atoms with E-state index in [1.165, 1.54) is 0 Å². The standard InChI is InChI=1S/C14H19N3O2/c1-12(18)16-8-10-17(11-9-16)14(19)15(2)13-6-4-3-5-7-13/h3-7H,8-11H2,1-2H3. The molecule has 1 aromatic rings. The van der Waals surface area contributed by atoms with E-state index in [0.717, 1.165) is 5.69 Å². The van der Waals surface area contributed by atoms with Crippen LogP contribution in [-0.2, 0) is 4.79 Å². The maximum absolute atomic E-state index is 12.3. The third kappa shape index (κ3) is 3.05. The monoisotopic (exact) mass is 261 g/mol. The second kappa shape index (κ2) is 5.73. The van der Waals surface area contributed by atoms with Crippen molar-refractivity contribution in [2.45, 2.75) is 6.92 Å². The van der Waals surface area contributed by atoms with Gasteiger partial charge in [0.25, 0.3) is 0 Å². The first-order valence-corrected chi connectivity index (χ1v) is 6.43. The lowest BCUT2D eigenvalue weighted by Crippen LogP contribution is -2.53. The van der Waals surface area contributed by atoms with Gasteiger partial charge in [0.1, 0.15) is 0 Å². The van der Waals surface area contributed by atoms with Gasteiger partial charge in [0.05, 0.1) is 0 Å². The van der Waals surface area contributed by atoms with Crippen LogP contribution in [0.4, 0.5) is 10.5 Å². The number of piperazine rings is 1. The summed E-state index contributed by atoms with van der Waals surface area (Å²) in [5, 5.41) is 0. The summed E-state index contributed by atoms with van der Waals surface area (Å²) in [7, 11) is 1.77. The molecule has 1 heterocycles. The van der Waals surface area contributed by atoms with Gasteiger partial charge in [-0.3, -0.25) is 9.69 Å². The summed E-state index contributed by atoms with van der Waals surface area (Å²) >= 11 is 0. The molecule has 5 heteroatoms. The van der Waals surface area contributed by atoms with Crippen molar-refractivity contribution in [3.63, 3.8) is 0 Å². The minimum absolute atomic E-state index is 0.0191. The Kier molecular flexibility index (Phi) is 4.04. The third-order valence-electron chi connectivity index (χ3n) is 3.43. The summed E-state index contributed by atoms with van der Waals surface area (Å²) in [5.74, 6) is 0.0727. The summed E-state index contributed by atoms with van der Waals surface area (Å²) in [6.45, 7) is 3.98. The lowest BCUT2D eigenvalue weighted by molar-refractivity contribution is -0.130. The normalized spacial score (nSPS) is 15.3. The van der Waals surface area contributed by atoms with Crippen molar-refractivity contribution in [2.75, 3.05) is 38.1 Å². The summed E-state index contributed by atoms with van der Waals surface area (Å²) in [5.41, 5.74) is 0.876. The number of amides is 3. The number of carbonyl (C=O) groups is 2. The first kappa shape index (κ1) is 13.4. The molecule has 1 saturated heterocycles. The van der Waals surface area contributed by atoms with E-state index in [-0.39, 0.29) is 11.9 Å². The molecule has 1 aliphatic heterocycles. The molecule has 0 unspecified atom stereocenters. The summed E-state index contributed by atoms with van der Waals surface area (Å²) in [6.07, 6.45) is 0. The number of rotatable bonds is 1. The average molecular weight is 261 g/mol. The van der Waals surface area contributed by atoms with Crippen molar-refractivity contribution in [3.05, 3.63) is 30.3 Å². The Morgan fingerprint density at radius 1 is 1.00 bits per heavy atom. The Labute approximate surface area is 113 Å². The fourth-order valence-corrected chi connectivity index (χ4v) is 2.19. The second-order valence-electron chi connectivity index (χ2n) is 4.67. The number of benzene rings is 1. The fourth-order valence-electron chi connectivity index (χ4n) is 2.19. The molecule has 0 saturated carbocycles. The van der Waals surface area contributed by atoms with Crippen molar-refractivity contribution in [1.82, 2.24) is 9.80 Å². The molecule has 3 amide bonds. The first-order chi connectivity index (χ1) is 9.09. The molecule has 0 atom stereocenters. The molecular weight excluding hydrogens is 242 g/mol. The highest BCUT2D eigenvalue weighted by molar-refractivity contribution is 5.91. The lowest BCUT2D eigenvalue weighted by atomic mass is 10.3. The molecule has 0 radical (unpaired) electrons. The Hall–Kier alpha value is -2.04. The van der Waals surface area contributed by atoms with Gasteiger partial charge >= 0.3 is 6.03 Å². The van der Waals surface area contributed by atoms with Gasteiger partial charge < -0.3 is 9.80 Å². The molecule has 1 aromatic carbocycles. The van der Waals surface area contributed by atoms with Crippen LogP contribution < -0.4 is 4.90 Å². The van der Waals surface area contributed by atoms with E-state index in [2.05, 4.69) is 0 Å². The molecule has 2 rings (SSSR count). The van der Waals surface area contributed by atoms with Crippen molar-refractivity contribution >= 4 is 17.6 Å². The zero-order chi connectivity index (χ0) is 13.8. The average Bonchev–Trinajstić information content (AvgIpc) is 2.46. The van der Waals surface area contributed by atoms with Crippen molar-refractivity contribution in [3.8, 4) is 0 Å². The molecule has 0 aromatic heterocycles. The Morgan fingerprint density at radius 2 is 1.53 bits per heavy atom. The fraction of sp³-hybridized carbons (Fsp3) is 0.429. The molecule has 1 aliphatic rings. The maximum Gasteiger partial charge on any atom is 0.324 e. The molecule has 102 valence electrons. The Balaban J connectivity index is 1.96. The molecule has 0 bridgehead atoms. The highest BCUT2D eigenvalue weighted by Gasteiger charge is 2.24. The van der Waals surface area contributed by atoms with Gasteiger partial charge in [-0.05, 0) is 12.1 Å². The molecule has 0 N–H and O–H groups in total. The van der Waals surface area contributed by atoms with E-state index in [1.54, 1.807) is 28.7 Å². The number of urea groups is 1. The van der Waals surface area contributed by atoms with Crippen LogP contribution in [0.2, 0.25) is 0 Å². The lowest BCUT2D eigenvalue weighted by Gasteiger charge is -2.36. The van der Waals surface area contributed by atoms with Crippen molar-refractivity contribution in [2.24, 2.45) is 0 Å². The molecule has 0 spiro atoms. The molecule has 0 aliphatic carbocycles. The van der Waals surface area contributed by atoms with Crippen LogP contribution in [-0.4, -0.2) is 55.0 Å². The van der Waals surface area contributed by atoms with E-state index in [0.29, 0.717) is 26.2 Å².